The molecule has 0 saturated heterocycles. The van der Waals surface area contributed by atoms with Gasteiger partial charge in [-0.05, 0) is 44.4 Å². The molecule has 1 unspecified atom stereocenters. The molecule has 5 heteroatoms. The third-order valence-electron chi connectivity index (χ3n) is 4.48. The fourth-order valence-corrected chi connectivity index (χ4v) is 3.19. The van der Waals surface area contributed by atoms with E-state index in [0.717, 1.165) is 11.3 Å². The van der Waals surface area contributed by atoms with Gasteiger partial charge in [0.25, 0.3) is 0 Å². The fourth-order valence-electron chi connectivity index (χ4n) is 3.19. The van der Waals surface area contributed by atoms with Gasteiger partial charge in [-0.2, -0.15) is 0 Å². The summed E-state index contributed by atoms with van der Waals surface area (Å²) < 4.78 is 15.8. The Morgan fingerprint density at radius 3 is 2.44 bits per heavy atom. The summed E-state index contributed by atoms with van der Waals surface area (Å²) in [6.45, 7) is 4.50. The first kappa shape index (κ1) is 19.0. The summed E-state index contributed by atoms with van der Waals surface area (Å²) in [5, 5.41) is 0. The molecule has 1 aromatic rings. The molecule has 1 aliphatic carbocycles. The van der Waals surface area contributed by atoms with Crippen molar-refractivity contribution >= 4 is 11.8 Å². The van der Waals surface area contributed by atoms with Gasteiger partial charge in [-0.15, -0.1) is 0 Å². The van der Waals surface area contributed by atoms with Crippen LogP contribution in [0, 0.1) is 5.41 Å². The fraction of sp³-hybridized carbons (Fsp3) is 0.500. The Labute approximate surface area is 149 Å². The number of carbonyl (C=O) groups is 2. The summed E-state index contributed by atoms with van der Waals surface area (Å²) in [6.07, 6.45) is 3.35. The molecule has 136 valence electrons. The second kappa shape index (κ2) is 8.70. The summed E-state index contributed by atoms with van der Waals surface area (Å²) in [7, 11) is 1.61. The highest BCUT2D eigenvalue weighted by molar-refractivity contribution is 5.98. The smallest absolute Gasteiger partial charge is 0.306 e. The second-order valence-corrected chi connectivity index (χ2v) is 6.19. The van der Waals surface area contributed by atoms with Crippen molar-refractivity contribution in [1.29, 1.82) is 0 Å². The Balaban J connectivity index is 2.26. The van der Waals surface area contributed by atoms with Crippen LogP contribution in [0.15, 0.2) is 36.1 Å². The van der Waals surface area contributed by atoms with Crippen LogP contribution >= 0.6 is 0 Å². The number of methoxy groups -OCH3 is 1. The highest BCUT2D eigenvalue weighted by Gasteiger charge is 2.42. The van der Waals surface area contributed by atoms with Gasteiger partial charge in [0.2, 0.25) is 0 Å². The van der Waals surface area contributed by atoms with Crippen molar-refractivity contribution < 1.29 is 23.8 Å². The number of allylic oxidation sites excluding steroid dienone is 2. The number of ketones is 1. The molecule has 0 N–H and O–H groups in total. The van der Waals surface area contributed by atoms with Crippen LogP contribution in [0.3, 0.4) is 0 Å². The van der Waals surface area contributed by atoms with Crippen molar-refractivity contribution in [2.24, 2.45) is 5.41 Å². The van der Waals surface area contributed by atoms with Crippen LogP contribution in [0.2, 0.25) is 0 Å². The minimum Gasteiger partial charge on any atom is -0.498 e. The minimum atomic E-state index is -0.776. The summed E-state index contributed by atoms with van der Waals surface area (Å²) >= 11 is 0. The molecule has 0 saturated carbocycles. The lowest BCUT2D eigenvalue weighted by atomic mass is 9.69. The molecular weight excluding hydrogens is 320 g/mol. The first-order valence-electron chi connectivity index (χ1n) is 8.69. The molecule has 0 amide bonds. The Kier molecular flexibility index (Phi) is 6.62. The van der Waals surface area contributed by atoms with Crippen LogP contribution in [0.5, 0.6) is 5.75 Å². The van der Waals surface area contributed by atoms with E-state index in [4.69, 9.17) is 14.2 Å². The van der Waals surface area contributed by atoms with Gasteiger partial charge in [0.05, 0.1) is 32.5 Å². The molecule has 0 aromatic heterocycles. The molecule has 0 radical (unpaired) electrons. The van der Waals surface area contributed by atoms with Gasteiger partial charge in [-0.25, -0.2) is 0 Å². The highest BCUT2D eigenvalue weighted by Crippen LogP contribution is 2.40. The van der Waals surface area contributed by atoms with E-state index in [1.165, 1.54) is 0 Å². The van der Waals surface area contributed by atoms with E-state index >= 15 is 0 Å². The van der Waals surface area contributed by atoms with Crippen LogP contribution in [0.25, 0.3) is 0 Å². The Morgan fingerprint density at radius 1 is 1.16 bits per heavy atom. The van der Waals surface area contributed by atoms with Gasteiger partial charge in [-0.3, -0.25) is 9.59 Å². The van der Waals surface area contributed by atoms with Crippen molar-refractivity contribution in [3.8, 4) is 5.75 Å². The van der Waals surface area contributed by atoms with E-state index in [2.05, 4.69) is 0 Å². The van der Waals surface area contributed by atoms with Gasteiger partial charge >= 0.3 is 5.97 Å². The molecule has 1 aliphatic rings. The third-order valence-corrected chi connectivity index (χ3v) is 4.48. The molecular formula is C20H26O5. The summed E-state index contributed by atoms with van der Waals surface area (Å²) in [6, 6.07) is 7.59. The number of carbonyl (C=O) groups excluding carboxylic acids is 2. The molecule has 2 rings (SSSR count). The predicted molar refractivity (Wildman–Crippen MR) is 94.3 cm³/mol. The van der Waals surface area contributed by atoms with Gasteiger partial charge in [0.15, 0.2) is 5.78 Å². The van der Waals surface area contributed by atoms with Crippen LogP contribution < -0.4 is 4.74 Å². The topological polar surface area (TPSA) is 61.8 Å². The van der Waals surface area contributed by atoms with Crippen LogP contribution in [-0.2, 0) is 25.5 Å². The number of esters is 1. The summed E-state index contributed by atoms with van der Waals surface area (Å²) in [4.78, 5) is 25.0. The minimum absolute atomic E-state index is 0.0638. The number of benzene rings is 1. The normalized spacial score (nSPS) is 20.0. The Hall–Kier alpha value is -2.30. The molecule has 25 heavy (non-hydrogen) atoms. The summed E-state index contributed by atoms with van der Waals surface area (Å²) in [5.41, 5.74) is 0.216. The van der Waals surface area contributed by atoms with Crippen molar-refractivity contribution in [3.05, 3.63) is 41.7 Å². The lowest BCUT2D eigenvalue weighted by Crippen LogP contribution is -2.38. The van der Waals surface area contributed by atoms with Crippen LogP contribution in [0.1, 0.15) is 38.7 Å². The molecule has 0 spiro atoms. The quantitative estimate of drug-likeness (QED) is 0.675. The maximum atomic E-state index is 12.9. The zero-order valence-electron chi connectivity index (χ0n) is 15.2. The van der Waals surface area contributed by atoms with E-state index in [-0.39, 0.29) is 18.2 Å². The SMILES string of the molecule is CCOC(=O)CC1(Cc2ccc(OC)cc2)CCC(OCC)=CC1=O. The molecule has 0 bridgehead atoms. The van der Waals surface area contributed by atoms with Gasteiger partial charge in [0.1, 0.15) is 5.75 Å². The Morgan fingerprint density at radius 2 is 1.88 bits per heavy atom. The largest absolute Gasteiger partial charge is 0.498 e. The molecule has 0 fully saturated rings. The van der Waals surface area contributed by atoms with E-state index in [1.807, 2.05) is 31.2 Å². The first-order chi connectivity index (χ1) is 12.0. The standard InChI is InChI=1S/C20H26O5/c1-4-24-17-10-11-20(18(21)12-17,14-19(22)25-5-2)13-15-6-8-16(23-3)9-7-15/h6-9,12H,4-5,10-11,13-14H2,1-3H3. The maximum absolute atomic E-state index is 12.9. The predicted octanol–water partition coefficient (Wildman–Crippen LogP) is 3.46. The number of hydrogen-bond acceptors (Lipinski definition) is 5. The second-order valence-electron chi connectivity index (χ2n) is 6.19. The lowest BCUT2D eigenvalue weighted by Gasteiger charge is -2.34. The van der Waals surface area contributed by atoms with Crippen molar-refractivity contribution in [1.82, 2.24) is 0 Å². The van der Waals surface area contributed by atoms with Crippen LogP contribution in [-0.4, -0.2) is 32.1 Å². The van der Waals surface area contributed by atoms with Gasteiger partial charge < -0.3 is 14.2 Å². The molecule has 0 aliphatic heterocycles. The molecule has 1 atom stereocenters. The lowest BCUT2D eigenvalue weighted by molar-refractivity contribution is -0.149. The molecule has 1 aromatic carbocycles. The highest BCUT2D eigenvalue weighted by atomic mass is 16.5. The maximum Gasteiger partial charge on any atom is 0.306 e. The monoisotopic (exact) mass is 346 g/mol. The van der Waals surface area contributed by atoms with Crippen molar-refractivity contribution in [2.45, 2.75) is 39.5 Å². The number of rotatable bonds is 8. The first-order valence-corrected chi connectivity index (χ1v) is 8.69. The van der Waals surface area contributed by atoms with Crippen molar-refractivity contribution in [3.63, 3.8) is 0 Å². The van der Waals surface area contributed by atoms with Gasteiger partial charge in [-0.1, -0.05) is 12.1 Å². The zero-order chi connectivity index (χ0) is 18.3. The van der Waals surface area contributed by atoms with Gasteiger partial charge in [0, 0.05) is 17.9 Å². The van der Waals surface area contributed by atoms with E-state index in [0.29, 0.717) is 38.2 Å². The van der Waals surface area contributed by atoms with Crippen LogP contribution in [0.4, 0.5) is 0 Å². The van der Waals surface area contributed by atoms with Crippen molar-refractivity contribution in [2.75, 3.05) is 20.3 Å². The number of hydrogen-bond donors (Lipinski definition) is 0. The average molecular weight is 346 g/mol. The summed E-state index contributed by atoms with van der Waals surface area (Å²) in [5.74, 6) is 1.06. The molecule has 0 heterocycles. The van der Waals surface area contributed by atoms with E-state index in [9.17, 15) is 9.59 Å². The van der Waals surface area contributed by atoms with E-state index < -0.39 is 5.41 Å². The third kappa shape index (κ3) is 4.84. The zero-order valence-corrected chi connectivity index (χ0v) is 15.2. The average Bonchev–Trinajstić information content (AvgIpc) is 2.59. The number of ether oxygens (including phenoxy) is 3. The molecule has 5 nitrogen and oxygen atoms in total. The Bertz CT molecular complexity index is 632. The van der Waals surface area contributed by atoms with E-state index in [1.54, 1.807) is 20.1 Å².